The summed E-state index contributed by atoms with van der Waals surface area (Å²) >= 11 is 0. The van der Waals surface area contributed by atoms with E-state index in [-0.39, 0.29) is 5.56 Å². The van der Waals surface area contributed by atoms with Gasteiger partial charge in [0.2, 0.25) is 0 Å². The van der Waals surface area contributed by atoms with E-state index >= 15 is 0 Å². The molecule has 2 heterocycles. The second kappa shape index (κ2) is 6.03. The number of ether oxygens (including phenoxy) is 1. The Morgan fingerprint density at radius 3 is 2.73 bits per heavy atom. The van der Waals surface area contributed by atoms with Crippen LogP contribution in [0.4, 0.5) is 4.39 Å². The minimum Gasteiger partial charge on any atom is -0.387 e. The predicted molar refractivity (Wildman–Crippen MR) is 68.9 cm³/mol. The summed E-state index contributed by atoms with van der Waals surface area (Å²) in [4.78, 5) is 42.1. The zero-order chi connectivity index (χ0) is 16.7. The fraction of sp³-hybridized carbons (Fsp3) is 0.600. The predicted octanol–water partition coefficient (Wildman–Crippen LogP) is -1.45. The third-order valence-corrected chi connectivity index (χ3v) is 3.61. The minimum absolute atomic E-state index is 0.125. The van der Waals surface area contributed by atoms with Crippen LogP contribution in [0.3, 0.4) is 0 Å². The van der Waals surface area contributed by atoms with Crippen LogP contribution in [0.2, 0.25) is 0 Å². The van der Waals surface area contributed by atoms with Gasteiger partial charge in [-0.2, -0.15) is 0 Å². The van der Waals surface area contributed by atoms with Crippen molar-refractivity contribution in [1.82, 2.24) is 9.55 Å². The first-order valence-electron chi connectivity index (χ1n) is 6.10. The molecule has 10 nitrogen and oxygen atoms in total. The van der Waals surface area contributed by atoms with Crippen molar-refractivity contribution in [1.29, 1.82) is 0 Å². The Labute approximate surface area is 122 Å². The van der Waals surface area contributed by atoms with Gasteiger partial charge in [-0.1, -0.05) is 0 Å². The van der Waals surface area contributed by atoms with Gasteiger partial charge < -0.3 is 19.6 Å². The van der Waals surface area contributed by atoms with Gasteiger partial charge in [0, 0.05) is 11.8 Å². The number of nitrogens with one attached hydrogen (secondary N) is 1. The van der Waals surface area contributed by atoms with Crippen LogP contribution >= 0.6 is 7.82 Å². The second-order valence-electron chi connectivity index (χ2n) is 4.77. The first-order valence-corrected chi connectivity index (χ1v) is 7.63. The largest absolute Gasteiger partial charge is 0.469 e. The summed E-state index contributed by atoms with van der Waals surface area (Å²) in [5.41, 5.74) is -1.46. The average molecular weight is 340 g/mol. The molecule has 0 aromatic carbocycles. The Kier molecular flexibility index (Phi) is 4.66. The van der Waals surface area contributed by atoms with Crippen LogP contribution in [0, 0.1) is 6.92 Å². The second-order valence-corrected chi connectivity index (χ2v) is 6.00. The highest BCUT2D eigenvalue weighted by Crippen LogP contribution is 2.38. The highest BCUT2D eigenvalue weighted by atomic mass is 31.2. The Hall–Kier alpha value is -1.36. The summed E-state index contributed by atoms with van der Waals surface area (Å²) in [6.07, 6.45) is -5.67. The number of nitrogens with zero attached hydrogens (tertiary/aromatic N) is 1. The maximum Gasteiger partial charge on any atom is 0.469 e. The van der Waals surface area contributed by atoms with Gasteiger partial charge in [0.05, 0.1) is 6.61 Å². The smallest absolute Gasteiger partial charge is 0.387 e. The molecule has 12 heteroatoms. The molecule has 22 heavy (non-hydrogen) atoms. The molecular formula is C10H14FN2O8P. The highest BCUT2D eigenvalue weighted by molar-refractivity contribution is 7.46. The summed E-state index contributed by atoms with van der Waals surface area (Å²) in [6, 6.07) is 0. The number of rotatable bonds is 4. The average Bonchev–Trinajstić information content (AvgIpc) is 2.68. The van der Waals surface area contributed by atoms with E-state index in [2.05, 4.69) is 4.52 Å². The molecule has 2 rings (SSSR count). The Bertz CT molecular complexity index is 712. The molecule has 4 N–H and O–H groups in total. The summed E-state index contributed by atoms with van der Waals surface area (Å²) in [6.45, 7) is 0.626. The molecule has 0 aliphatic carbocycles. The SMILES string of the molecule is Cc1cn([C@H]2O[C@@H](COP(=O)(O)O)[C@H](O)[C@H]2F)c(=O)[nH]c1=O. The molecule has 0 unspecified atom stereocenters. The van der Waals surface area contributed by atoms with Crippen LogP contribution in [0.5, 0.6) is 0 Å². The van der Waals surface area contributed by atoms with Gasteiger partial charge in [-0.3, -0.25) is 18.9 Å². The lowest BCUT2D eigenvalue weighted by atomic mass is 10.1. The Balaban J connectivity index is 2.23. The van der Waals surface area contributed by atoms with E-state index in [0.717, 1.165) is 10.8 Å². The van der Waals surface area contributed by atoms with E-state index in [1.54, 1.807) is 0 Å². The molecule has 0 saturated carbocycles. The van der Waals surface area contributed by atoms with E-state index in [0.29, 0.717) is 0 Å². The molecule has 0 bridgehead atoms. The standard InChI is InChI=1S/C10H14FN2O8P/c1-4-2-13(10(16)12-8(4)15)9-6(11)7(14)5(21-9)3-20-22(17,18)19/h2,5-7,9,14H,3H2,1H3,(H,12,15,16)(H2,17,18,19)/t5-,6+,7-,9-/m0/s1. The van der Waals surface area contributed by atoms with Crippen molar-refractivity contribution in [2.24, 2.45) is 0 Å². The molecule has 1 aromatic heterocycles. The van der Waals surface area contributed by atoms with Crippen molar-refractivity contribution in [2.45, 2.75) is 31.5 Å². The third kappa shape index (κ3) is 3.51. The zero-order valence-electron chi connectivity index (χ0n) is 11.2. The lowest BCUT2D eigenvalue weighted by molar-refractivity contribution is -0.0484. The van der Waals surface area contributed by atoms with Crippen LogP contribution in [0.15, 0.2) is 15.8 Å². The monoisotopic (exact) mass is 340 g/mol. The van der Waals surface area contributed by atoms with E-state index in [1.807, 2.05) is 4.98 Å². The Morgan fingerprint density at radius 2 is 2.14 bits per heavy atom. The number of hydrogen-bond acceptors (Lipinski definition) is 6. The number of halogens is 1. The van der Waals surface area contributed by atoms with Gasteiger partial charge in [0.15, 0.2) is 12.4 Å². The molecular weight excluding hydrogens is 326 g/mol. The van der Waals surface area contributed by atoms with Gasteiger partial charge in [0.1, 0.15) is 12.2 Å². The number of aliphatic hydroxyl groups is 1. The van der Waals surface area contributed by atoms with E-state index in [4.69, 9.17) is 14.5 Å². The summed E-state index contributed by atoms with van der Waals surface area (Å²) in [5, 5.41) is 9.68. The van der Waals surface area contributed by atoms with Crippen molar-refractivity contribution in [3.63, 3.8) is 0 Å². The van der Waals surface area contributed by atoms with E-state index in [1.165, 1.54) is 6.92 Å². The van der Waals surface area contributed by atoms with E-state index in [9.17, 15) is 23.7 Å². The molecule has 4 atom stereocenters. The van der Waals surface area contributed by atoms with Crippen LogP contribution in [-0.4, -0.2) is 49.4 Å². The van der Waals surface area contributed by atoms with Crippen molar-refractivity contribution in [3.05, 3.63) is 32.6 Å². The molecule has 1 aliphatic heterocycles. The van der Waals surface area contributed by atoms with Gasteiger partial charge in [0.25, 0.3) is 5.56 Å². The number of aromatic amines is 1. The summed E-state index contributed by atoms with van der Waals surface area (Å²) in [5.74, 6) is 0. The van der Waals surface area contributed by atoms with Crippen LogP contribution < -0.4 is 11.2 Å². The molecule has 1 aromatic rings. The maximum absolute atomic E-state index is 14.1. The quantitative estimate of drug-likeness (QED) is 0.486. The van der Waals surface area contributed by atoms with Gasteiger partial charge in [-0.15, -0.1) is 0 Å². The maximum atomic E-state index is 14.1. The number of phosphoric ester groups is 1. The number of H-pyrrole nitrogens is 1. The highest BCUT2D eigenvalue weighted by Gasteiger charge is 2.46. The lowest BCUT2D eigenvalue weighted by Gasteiger charge is -2.16. The number of hydrogen-bond donors (Lipinski definition) is 4. The summed E-state index contributed by atoms with van der Waals surface area (Å²) in [7, 11) is -4.81. The fourth-order valence-corrected chi connectivity index (χ4v) is 2.35. The van der Waals surface area contributed by atoms with Crippen molar-refractivity contribution in [2.75, 3.05) is 6.61 Å². The fourth-order valence-electron chi connectivity index (χ4n) is 2.01. The molecule has 124 valence electrons. The van der Waals surface area contributed by atoms with Crippen LogP contribution in [0.25, 0.3) is 0 Å². The number of phosphoric acid groups is 1. The molecule has 0 amide bonds. The van der Waals surface area contributed by atoms with Gasteiger partial charge >= 0.3 is 13.5 Å². The van der Waals surface area contributed by atoms with Crippen molar-refractivity contribution in [3.8, 4) is 0 Å². The van der Waals surface area contributed by atoms with Crippen LogP contribution in [-0.2, 0) is 13.8 Å². The molecule has 1 aliphatic rings. The lowest BCUT2D eigenvalue weighted by Crippen LogP contribution is -2.36. The summed E-state index contributed by atoms with van der Waals surface area (Å²) < 4.78 is 34.7. The van der Waals surface area contributed by atoms with Crippen molar-refractivity contribution >= 4 is 7.82 Å². The normalized spacial score (nSPS) is 29.0. The Morgan fingerprint density at radius 1 is 1.50 bits per heavy atom. The van der Waals surface area contributed by atoms with E-state index < -0.39 is 50.3 Å². The molecule has 0 radical (unpaired) electrons. The molecule has 1 saturated heterocycles. The van der Waals surface area contributed by atoms with Gasteiger partial charge in [-0.05, 0) is 6.92 Å². The molecule has 0 spiro atoms. The number of aryl methyl sites for hydroxylation is 1. The minimum atomic E-state index is -4.81. The zero-order valence-corrected chi connectivity index (χ0v) is 12.1. The topological polar surface area (TPSA) is 151 Å². The number of aliphatic hydroxyl groups excluding tert-OH is 1. The third-order valence-electron chi connectivity index (χ3n) is 3.12. The van der Waals surface area contributed by atoms with Crippen molar-refractivity contribution < 1.29 is 33.1 Å². The number of alkyl halides is 1. The number of aromatic nitrogens is 2. The molecule has 1 fully saturated rings. The van der Waals surface area contributed by atoms with Crippen LogP contribution in [0.1, 0.15) is 11.8 Å². The first-order chi connectivity index (χ1) is 10.1. The first kappa shape index (κ1) is 17.0. The van der Waals surface area contributed by atoms with Gasteiger partial charge in [-0.25, -0.2) is 13.8 Å².